The van der Waals surface area contributed by atoms with Gasteiger partial charge in [-0.15, -0.1) is 0 Å². The van der Waals surface area contributed by atoms with Crippen LogP contribution in [-0.2, 0) is 20.5 Å². The number of hydrogen-bond acceptors (Lipinski definition) is 4. The molecule has 1 aromatic heterocycles. The zero-order chi connectivity index (χ0) is 17.9. The smallest absolute Gasteiger partial charge is 0.333 e. The molecule has 0 radical (unpaired) electrons. The average molecular weight is 329 g/mol. The van der Waals surface area contributed by atoms with Crippen LogP contribution in [0.25, 0.3) is 0 Å². The fourth-order valence-electron chi connectivity index (χ4n) is 2.69. The third kappa shape index (κ3) is 3.48. The van der Waals surface area contributed by atoms with Gasteiger partial charge < -0.3 is 5.11 Å². The lowest BCUT2D eigenvalue weighted by Crippen LogP contribution is -2.40. The lowest BCUT2D eigenvalue weighted by atomic mass is 10.1. The zero-order valence-corrected chi connectivity index (χ0v) is 14.5. The first kappa shape index (κ1) is 17.7. The molecule has 0 amide bonds. The normalized spacial score (nSPS) is 13.1. The average Bonchev–Trinajstić information content (AvgIpc) is 2.58. The Morgan fingerprint density at radius 2 is 1.79 bits per heavy atom. The van der Waals surface area contributed by atoms with Gasteiger partial charge in [-0.3, -0.25) is 18.9 Å². The van der Waals surface area contributed by atoms with E-state index in [1.807, 2.05) is 44.2 Å². The maximum Gasteiger partial charge on any atom is 0.333 e. The molecule has 0 spiro atoms. The first-order valence-corrected chi connectivity index (χ1v) is 7.96. The first-order valence-electron chi connectivity index (χ1n) is 7.96. The van der Waals surface area contributed by atoms with E-state index in [4.69, 9.17) is 0 Å². The highest BCUT2D eigenvalue weighted by atomic mass is 16.3. The van der Waals surface area contributed by atoms with Crippen LogP contribution in [0, 0.1) is 0 Å². The molecule has 0 fully saturated rings. The van der Waals surface area contributed by atoms with Crippen molar-refractivity contribution in [2.45, 2.75) is 32.7 Å². The third-order valence-corrected chi connectivity index (χ3v) is 4.01. The number of rotatable bonds is 5. The molecule has 0 saturated heterocycles. The summed E-state index contributed by atoms with van der Waals surface area (Å²) in [5, 5.41) is 10.3. The van der Waals surface area contributed by atoms with E-state index in [0.29, 0.717) is 12.1 Å². The molecular formula is C18H23N3O3. The fraction of sp³-hybridized carbons (Fsp3) is 0.389. The highest BCUT2D eigenvalue weighted by Gasteiger charge is 2.19. The standard InChI is InChI=1S/C18H23N3O3/c1-5-14(19-12(2)11-13-9-7-6-8-10-13)15-16(22)20(3)18(24)21(4)17(15)23/h6-10,12,22H,5,11H2,1-4H3. The van der Waals surface area contributed by atoms with Crippen LogP contribution in [0.3, 0.4) is 0 Å². The molecule has 0 aliphatic rings. The molecule has 1 atom stereocenters. The molecule has 0 aliphatic carbocycles. The SMILES string of the molecule is CCC(=NC(C)Cc1ccccc1)c1c(O)n(C)c(=O)n(C)c1=O. The fourth-order valence-corrected chi connectivity index (χ4v) is 2.69. The van der Waals surface area contributed by atoms with Gasteiger partial charge in [-0.05, 0) is 25.3 Å². The van der Waals surface area contributed by atoms with Crippen molar-refractivity contribution < 1.29 is 5.11 Å². The number of aliphatic imine (C=N–C) groups is 1. The molecule has 0 bridgehead atoms. The summed E-state index contributed by atoms with van der Waals surface area (Å²) < 4.78 is 2.05. The molecule has 24 heavy (non-hydrogen) atoms. The number of aromatic nitrogens is 2. The zero-order valence-electron chi connectivity index (χ0n) is 14.5. The summed E-state index contributed by atoms with van der Waals surface area (Å²) in [6, 6.07) is 9.91. The van der Waals surface area contributed by atoms with E-state index < -0.39 is 11.2 Å². The summed E-state index contributed by atoms with van der Waals surface area (Å²) in [6.45, 7) is 3.84. The summed E-state index contributed by atoms with van der Waals surface area (Å²) in [6.07, 6.45) is 1.22. The second-order valence-corrected chi connectivity index (χ2v) is 5.87. The van der Waals surface area contributed by atoms with Crippen molar-refractivity contribution in [3.8, 4) is 5.88 Å². The minimum absolute atomic E-state index is 0.0521. The molecular weight excluding hydrogens is 306 g/mol. The van der Waals surface area contributed by atoms with E-state index in [-0.39, 0.29) is 17.5 Å². The molecule has 2 aromatic rings. The summed E-state index contributed by atoms with van der Waals surface area (Å²) in [5.41, 5.74) is 0.674. The molecule has 1 heterocycles. The highest BCUT2D eigenvalue weighted by molar-refractivity contribution is 6.02. The monoisotopic (exact) mass is 329 g/mol. The van der Waals surface area contributed by atoms with Crippen molar-refractivity contribution in [2.75, 3.05) is 0 Å². The van der Waals surface area contributed by atoms with Gasteiger partial charge in [0.25, 0.3) is 5.56 Å². The van der Waals surface area contributed by atoms with Crippen molar-refractivity contribution >= 4 is 5.71 Å². The van der Waals surface area contributed by atoms with E-state index in [9.17, 15) is 14.7 Å². The topological polar surface area (TPSA) is 76.6 Å². The molecule has 6 heteroatoms. The van der Waals surface area contributed by atoms with Gasteiger partial charge in [0.2, 0.25) is 5.88 Å². The van der Waals surface area contributed by atoms with Crippen LogP contribution < -0.4 is 11.2 Å². The molecule has 1 unspecified atom stereocenters. The minimum atomic E-state index is -0.561. The van der Waals surface area contributed by atoms with Crippen LogP contribution in [-0.4, -0.2) is 26.0 Å². The third-order valence-electron chi connectivity index (χ3n) is 4.01. The number of hydrogen-bond donors (Lipinski definition) is 1. The maximum atomic E-state index is 12.4. The summed E-state index contributed by atoms with van der Waals surface area (Å²) in [4.78, 5) is 28.9. The van der Waals surface area contributed by atoms with Crippen molar-refractivity contribution in [3.63, 3.8) is 0 Å². The van der Waals surface area contributed by atoms with Gasteiger partial charge in [-0.1, -0.05) is 37.3 Å². The van der Waals surface area contributed by atoms with Crippen LogP contribution in [0.2, 0.25) is 0 Å². The Bertz CT molecular complexity index is 864. The summed E-state index contributed by atoms with van der Waals surface area (Å²) >= 11 is 0. The predicted molar refractivity (Wildman–Crippen MR) is 95.0 cm³/mol. The largest absolute Gasteiger partial charge is 0.494 e. The van der Waals surface area contributed by atoms with E-state index in [2.05, 4.69) is 4.99 Å². The molecule has 1 aromatic carbocycles. The van der Waals surface area contributed by atoms with Crippen LogP contribution in [0.4, 0.5) is 0 Å². The highest BCUT2D eigenvalue weighted by Crippen LogP contribution is 2.14. The lowest BCUT2D eigenvalue weighted by molar-refractivity contribution is 0.410. The van der Waals surface area contributed by atoms with E-state index in [1.54, 1.807) is 0 Å². The van der Waals surface area contributed by atoms with Crippen LogP contribution in [0.5, 0.6) is 5.88 Å². The molecule has 2 rings (SSSR count). The van der Waals surface area contributed by atoms with Gasteiger partial charge in [-0.2, -0.15) is 0 Å². The van der Waals surface area contributed by atoms with Gasteiger partial charge in [0.1, 0.15) is 5.56 Å². The Morgan fingerprint density at radius 1 is 1.17 bits per heavy atom. The van der Waals surface area contributed by atoms with Crippen LogP contribution in [0.15, 0.2) is 44.9 Å². The van der Waals surface area contributed by atoms with Gasteiger partial charge >= 0.3 is 5.69 Å². The molecule has 6 nitrogen and oxygen atoms in total. The van der Waals surface area contributed by atoms with Crippen molar-refractivity contribution in [1.82, 2.24) is 9.13 Å². The van der Waals surface area contributed by atoms with Crippen molar-refractivity contribution in [2.24, 2.45) is 19.1 Å². The Balaban J connectivity index is 2.45. The second kappa shape index (κ2) is 7.29. The Kier molecular flexibility index (Phi) is 5.39. The van der Waals surface area contributed by atoms with Crippen LogP contribution in [0.1, 0.15) is 31.4 Å². The molecule has 0 aliphatic heterocycles. The molecule has 128 valence electrons. The molecule has 0 saturated carbocycles. The number of aromatic hydroxyl groups is 1. The van der Waals surface area contributed by atoms with Crippen molar-refractivity contribution in [3.05, 3.63) is 62.3 Å². The molecule has 1 N–H and O–H groups in total. The second-order valence-electron chi connectivity index (χ2n) is 5.87. The van der Waals surface area contributed by atoms with Gasteiger partial charge in [0, 0.05) is 14.1 Å². The summed E-state index contributed by atoms with van der Waals surface area (Å²) in [7, 11) is 2.83. The van der Waals surface area contributed by atoms with Crippen LogP contribution >= 0.6 is 0 Å². The number of benzene rings is 1. The number of nitrogens with zero attached hydrogens (tertiary/aromatic N) is 3. The minimum Gasteiger partial charge on any atom is -0.494 e. The van der Waals surface area contributed by atoms with Gasteiger partial charge in [0.05, 0.1) is 11.8 Å². The Hall–Kier alpha value is -2.63. The quantitative estimate of drug-likeness (QED) is 0.847. The summed E-state index contributed by atoms with van der Waals surface area (Å²) in [5.74, 6) is -0.337. The first-order chi connectivity index (χ1) is 11.4. The lowest BCUT2D eigenvalue weighted by Gasteiger charge is -2.14. The van der Waals surface area contributed by atoms with E-state index in [0.717, 1.165) is 21.1 Å². The maximum absolute atomic E-state index is 12.4. The Morgan fingerprint density at radius 3 is 2.38 bits per heavy atom. The Labute approximate surface area is 140 Å². The van der Waals surface area contributed by atoms with Crippen molar-refractivity contribution in [1.29, 1.82) is 0 Å². The van der Waals surface area contributed by atoms with E-state index >= 15 is 0 Å². The van der Waals surface area contributed by atoms with Gasteiger partial charge in [-0.25, -0.2) is 4.79 Å². The van der Waals surface area contributed by atoms with E-state index in [1.165, 1.54) is 14.1 Å². The predicted octanol–water partition coefficient (Wildman–Crippen LogP) is 1.62. The van der Waals surface area contributed by atoms with Gasteiger partial charge in [0.15, 0.2) is 0 Å².